The van der Waals surface area contributed by atoms with Crippen molar-refractivity contribution in [2.45, 2.75) is 0 Å². The van der Waals surface area contributed by atoms with Gasteiger partial charge in [0, 0.05) is 10.7 Å². The molecule has 0 radical (unpaired) electrons. The van der Waals surface area contributed by atoms with Gasteiger partial charge in [0.1, 0.15) is 11.7 Å². The molecule has 0 saturated carbocycles. The Labute approximate surface area is 122 Å². The molecule has 0 fully saturated rings. The fourth-order valence-electron chi connectivity index (χ4n) is 1.82. The van der Waals surface area contributed by atoms with Crippen molar-refractivity contribution >= 4 is 32.6 Å². The quantitative estimate of drug-likeness (QED) is 0.772. The highest BCUT2D eigenvalue weighted by atomic mass is 79.9. The summed E-state index contributed by atoms with van der Waals surface area (Å²) in [5.41, 5.74) is 6.79. The Hall–Kier alpha value is -2.52. The molecule has 0 spiro atoms. The van der Waals surface area contributed by atoms with Crippen LogP contribution in [0.1, 0.15) is 5.76 Å². The molecule has 20 heavy (non-hydrogen) atoms. The second kappa shape index (κ2) is 4.87. The number of hydrogen-bond acceptors (Lipinski definition) is 5. The van der Waals surface area contributed by atoms with Crippen LogP contribution in [0.2, 0.25) is 0 Å². The Morgan fingerprint density at radius 3 is 2.90 bits per heavy atom. The third-order valence-electron chi connectivity index (χ3n) is 2.70. The SMILES string of the molecule is N#Cc1oc2ccccc2c1Oc1ncc(Br)cc1N. The van der Waals surface area contributed by atoms with Crippen LogP contribution in [0.4, 0.5) is 5.69 Å². The van der Waals surface area contributed by atoms with Gasteiger partial charge in [0.15, 0.2) is 5.75 Å². The van der Waals surface area contributed by atoms with E-state index in [0.717, 1.165) is 4.47 Å². The maximum Gasteiger partial charge on any atom is 0.247 e. The third-order valence-corrected chi connectivity index (χ3v) is 3.13. The van der Waals surface area contributed by atoms with Crippen LogP contribution in [0.3, 0.4) is 0 Å². The summed E-state index contributed by atoms with van der Waals surface area (Å²) in [6.07, 6.45) is 1.57. The molecule has 2 heterocycles. The van der Waals surface area contributed by atoms with Gasteiger partial charge >= 0.3 is 0 Å². The molecule has 0 aliphatic heterocycles. The number of nitrogens with zero attached hydrogens (tertiary/aromatic N) is 2. The lowest BCUT2D eigenvalue weighted by molar-refractivity contribution is 0.452. The number of pyridine rings is 1. The minimum atomic E-state index is 0.0929. The summed E-state index contributed by atoms with van der Waals surface area (Å²) >= 11 is 3.27. The van der Waals surface area contributed by atoms with E-state index in [9.17, 15) is 0 Å². The van der Waals surface area contributed by atoms with Crippen molar-refractivity contribution in [3.63, 3.8) is 0 Å². The molecule has 1 aromatic carbocycles. The molecule has 0 atom stereocenters. The normalized spacial score (nSPS) is 10.4. The number of benzene rings is 1. The first-order valence-corrected chi connectivity index (χ1v) is 6.49. The van der Waals surface area contributed by atoms with Gasteiger partial charge in [-0.3, -0.25) is 0 Å². The van der Waals surface area contributed by atoms with Crippen LogP contribution in [0.15, 0.2) is 45.4 Å². The monoisotopic (exact) mass is 329 g/mol. The molecule has 0 aliphatic carbocycles. The zero-order chi connectivity index (χ0) is 14.1. The van der Waals surface area contributed by atoms with Gasteiger partial charge < -0.3 is 14.9 Å². The van der Waals surface area contributed by atoms with Crippen molar-refractivity contribution in [1.29, 1.82) is 5.26 Å². The number of halogens is 1. The van der Waals surface area contributed by atoms with E-state index in [4.69, 9.17) is 20.1 Å². The Morgan fingerprint density at radius 2 is 2.15 bits per heavy atom. The van der Waals surface area contributed by atoms with E-state index in [0.29, 0.717) is 22.4 Å². The summed E-state index contributed by atoms with van der Waals surface area (Å²) in [5, 5.41) is 9.83. The largest absolute Gasteiger partial charge is 0.442 e. The van der Waals surface area contributed by atoms with E-state index >= 15 is 0 Å². The molecular weight excluding hydrogens is 322 g/mol. The lowest BCUT2D eigenvalue weighted by Crippen LogP contribution is -1.95. The number of aromatic nitrogens is 1. The number of anilines is 1. The molecule has 3 aromatic rings. The van der Waals surface area contributed by atoms with Crippen LogP contribution >= 0.6 is 15.9 Å². The molecular formula is C14H8BrN3O2. The number of para-hydroxylation sites is 1. The Morgan fingerprint density at radius 1 is 1.35 bits per heavy atom. The highest BCUT2D eigenvalue weighted by Gasteiger charge is 2.17. The first kappa shape index (κ1) is 12.5. The maximum absolute atomic E-state index is 9.13. The van der Waals surface area contributed by atoms with Gasteiger partial charge in [0.05, 0.1) is 11.1 Å². The summed E-state index contributed by atoms with van der Waals surface area (Å²) in [5.74, 6) is 0.649. The van der Waals surface area contributed by atoms with Gasteiger partial charge in [-0.1, -0.05) is 12.1 Å². The average molecular weight is 330 g/mol. The van der Waals surface area contributed by atoms with E-state index < -0.39 is 0 Å². The van der Waals surface area contributed by atoms with Gasteiger partial charge in [-0.15, -0.1) is 0 Å². The lowest BCUT2D eigenvalue weighted by atomic mass is 10.2. The lowest BCUT2D eigenvalue weighted by Gasteiger charge is -2.06. The molecule has 0 amide bonds. The highest BCUT2D eigenvalue weighted by molar-refractivity contribution is 9.10. The fraction of sp³-hybridized carbons (Fsp3) is 0. The summed E-state index contributed by atoms with van der Waals surface area (Å²) in [7, 11) is 0. The van der Waals surface area contributed by atoms with E-state index in [2.05, 4.69) is 20.9 Å². The van der Waals surface area contributed by atoms with Crippen molar-refractivity contribution in [2.24, 2.45) is 0 Å². The van der Waals surface area contributed by atoms with Crippen LogP contribution in [0.25, 0.3) is 11.0 Å². The van der Waals surface area contributed by atoms with Gasteiger partial charge in [-0.05, 0) is 34.1 Å². The number of nitrogen functional groups attached to an aromatic ring is 1. The van der Waals surface area contributed by atoms with Crippen molar-refractivity contribution in [1.82, 2.24) is 4.98 Å². The van der Waals surface area contributed by atoms with Crippen LogP contribution in [0, 0.1) is 11.3 Å². The summed E-state index contributed by atoms with van der Waals surface area (Å²) in [6, 6.07) is 10.9. The smallest absolute Gasteiger partial charge is 0.247 e. The fourth-order valence-corrected chi connectivity index (χ4v) is 2.17. The van der Waals surface area contributed by atoms with E-state index in [1.807, 2.05) is 24.3 Å². The molecule has 3 rings (SSSR count). The van der Waals surface area contributed by atoms with Crippen molar-refractivity contribution in [3.8, 4) is 17.7 Å². The first-order chi connectivity index (χ1) is 9.69. The van der Waals surface area contributed by atoms with E-state index in [-0.39, 0.29) is 11.6 Å². The van der Waals surface area contributed by atoms with Crippen LogP contribution in [-0.2, 0) is 0 Å². The number of rotatable bonds is 2. The molecule has 6 heteroatoms. The van der Waals surface area contributed by atoms with Gasteiger partial charge in [0.25, 0.3) is 0 Å². The van der Waals surface area contributed by atoms with Gasteiger partial charge in [0.2, 0.25) is 11.6 Å². The van der Waals surface area contributed by atoms with Gasteiger partial charge in [-0.25, -0.2) is 4.98 Å². The molecule has 98 valence electrons. The number of furan rings is 1. The Balaban J connectivity index is 2.12. The average Bonchev–Trinajstić information content (AvgIpc) is 2.80. The number of fused-ring (bicyclic) bond motifs is 1. The second-order valence-electron chi connectivity index (χ2n) is 4.02. The van der Waals surface area contributed by atoms with E-state index in [1.54, 1.807) is 18.3 Å². The van der Waals surface area contributed by atoms with Crippen LogP contribution < -0.4 is 10.5 Å². The second-order valence-corrected chi connectivity index (χ2v) is 4.93. The predicted octanol–water partition coefficient (Wildman–Crippen LogP) is 3.84. The predicted molar refractivity (Wildman–Crippen MR) is 77.4 cm³/mol. The summed E-state index contributed by atoms with van der Waals surface area (Å²) < 4.78 is 11.8. The molecule has 0 bridgehead atoms. The number of nitrogens with two attached hydrogens (primary N) is 1. The van der Waals surface area contributed by atoms with Crippen LogP contribution in [0.5, 0.6) is 11.6 Å². The van der Waals surface area contributed by atoms with Crippen LogP contribution in [-0.4, -0.2) is 4.98 Å². The molecule has 0 unspecified atom stereocenters. The van der Waals surface area contributed by atoms with E-state index in [1.165, 1.54) is 0 Å². The minimum absolute atomic E-state index is 0.0929. The number of hydrogen-bond donors (Lipinski definition) is 1. The molecule has 5 nitrogen and oxygen atoms in total. The Bertz CT molecular complexity index is 836. The van der Waals surface area contributed by atoms with Gasteiger partial charge in [-0.2, -0.15) is 5.26 Å². The number of ether oxygens (including phenoxy) is 1. The molecule has 0 aliphatic rings. The van der Waals surface area contributed by atoms with Crippen molar-refractivity contribution in [2.75, 3.05) is 5.73 Å². The summed E-state index contributed by atoms with van der Waals surface area (Å²) in [6.45, 7) is 0. The first-order valence-electron chi connectivity index (χ1n) is 5.69. The molecule has 0 saturated heterocycles. The zero-order valence-electron chi connectivity index (χ0n) is 10.1. The summed E-state index contributed by atoms with van der Waals surface area (Å²) in [4.78, 5) is 4.09. The standard InChI is InChI=1S/C14H8BrN3O2/c15-8-5-10(17)14(18-7-8)20-13-9-3-1-2-4-11(9)19-12(13)6-16/h1-5,7H,17H2. The zero-order valence-corrected chi connectivity index (χ0v) is 11.7. The minimum Gasteiger partial charge on any atom is -0.442 e. The maximum atomic E-state index is 9.13. The van der Waals surface area contributed by atoms with Crippen molar-refractivity contribution in [3.05, 3.63) is 46.8 Å². The number of nitriles is 1. The van der Waals surface area contributed by atoms with Crippen molar-refractivity contribution < 1.29 is 9.15 Å². The Kier molecular flexibility index (Phi) is 3.05. The topological polar surface area (TPSA) is 85.1 Å². The molecule has 2 aromatic heterocycles. The molecule has 2 N–H and O–H groups in total. The third kappa shape index (κ3) is 2.08. The highest BCUT2D eigenvalue weighted by Crippen LogP contribution is 2.37.